The maximum Gasteiger partial charge on any atom is 0.0670 e. The summed E-state index contributed by atoms with van der Waals surface area (Å²) < 4.78 is 5.94. The molecule has 3 heteroatoms. The quantitative estimate of drug-likeness (QED) is 0.777. The Morgan fingerprint density at radius 2 is 2.06 bits per heavy atom. The van der Waals surface area contributed by atoms with E-state index in [0.29, 0.717) is 0 Å². The lowest BCUT2D eigenvalue weighted by atomic mass is 9.78. The lowest BCUT2D eigenvalue weighted by molar-refractivity contribution is -0.124. The number of nitrogens with zero attached hydrogens (tertiary/aromatic N) is 1. The van der Waals surface area contributed by atoms with Crippen LogP contribution in [0.25, 0.3) is 0 Å². The molecule has 1 heterocycles. The first kappa shape index (κ1) is 14.9. The number of unbranched alkanes of at least 4 members (excludes halogenated alkanes) is 1. The summed E-state index contributed by atoms with van der Waals surface area (Å²) in [6.45, 7) is 9.41. The number of nitrogens with two attached hydrogens (primary N) is 1. The molecule has 1 fully saturated rings. The molecule has 1 saturated heterocycles. The highest BCUT2D eigenvalue weighted by molar-refractivity contribution is 4.99. The van der Waals surface area contributed by atoms with Crippen LogP contribution in [0.3, 0.4) is 0 Å². The predicted octanol–water partition coefficient (Wildman–Crippen LogP) is 2.39. The molecule has 1 aliphatic heterocycles. The van der Waals surface area contributed by atoms with E-state index in [9.17, 15) is 0 Å². The zero-order chi connectivity index (χ0) is 12.9. The van der Waals surface area contributed by atoms with Crippen LogP contribution in [0, 0.1) is 0 Å². The molecule has 0 bridgehead atoms. The molecule has 2 atom stereocenters. The van der Waals surface area contributed by atoms with Gasteiger partial charge in [-0.15, -0.1) is 0 Å². The second-order valence-corrected chi connectivity index (χ2v) is 5.78. The van der Waals surface area contributed by atoms with Gasteiger partial charge in [0.1, 0.15) is 0 Å². The van der Waals surface area contributed by atoms with Gasteiger partial charge in [-0.25, -0.2) is 0 Å². The standard InChI is InChI=1S/C14H30N2O/c1-5-7-9-16(4)14(12-15)8-10-17-13(3,6-2)11-14/h5-12,15H2,1-4H3. The van der Waals surface area contributed by atoms with Crippen LogP contribution in [0.15, 0.2) is 0 Å². The molecule has 0 spiro atoms. The normalized spacial score (nSPS) is 34.2. The van der Waals surface area contributed by atoms with Gasteiger partial charge in [0.25, 0.3) is 0 Å². The van der Waals surface area contributed by atoms with Crippen molar-refractivity contribution in [3.8, 4) is 0 Å². The first-order valence-corrected chi connectivity index (χ1v) is 7.07. The Hall–Kier alpha value is -0.120. The van der Waals surface area contributed by atoms with E-state index in [0.717, 1.165) is 39.0 Å². The Balaban J connectivity index is 2.73. The zero-order valence-corrected chi connectivity index (χ0v) is 12.1. The van der Waals surface area contributed by atoms with Crippen LogP contribution < -0.4 is 5.73 Å². The van der Waals surface area contributed by atoms with E-state index in [1.165, 1.54) is 12.8 Å². The first-order chi connectivity index (χ1) is 8.02. The molecular weight excluding hydrogens is 212 g/mol. The molecule has 2 N–H and O–H groups in total. The minimum atomic E-state index is 0.0120. The van der Waals surface area contributed by atoms with Crippen molar-refractivity contribution < 1.29 is 4.74 Å². The SMILES string of the molecule is CCCCN(C)C1(CN)CCOC(C)(CC)C1. The van der Waals surface area contributed by atoms with Crippen LogP contribution in [-0.2, 0) is 4.74 Å². The molecule has 1 aliphatic rings. The van der Waals surface area contributed by atoms with Gasteiger partial charge < -0.3 is 10.5 Å². The van der Waals surface area contributed by atoms with Gasteiger partial charge in [0.2, 0.25) is 0 Å². The largest absolute Gasteiger partial charge is 0.375 e. The van der Waals surface area contributed by atoms with Crippen LogP contribution in [0.5, 0.6) is 0 Å². The third-order valence-corrected chi connectivity index (χ3v) is 4.51. The fourth-order valence-corrected chi connectivity index (χ4v) is 2.84. The van der Waals surface area contributed by atoms with Gasteiger partial charge in [0.05, 0.1) is 5.60 Å². The molecule has 102 valence electrons. The molecule has 0 amide bonds. The van der Waals surface area contributed by atoms with Gasteiger partial charge in [-0.05, 0) is 46.2 Å². The maximum absolute atomic E-state index is 6.09. The number of hydrogen-bond donors (Lipinski definition) is 1. The van der Waals surface area contributed by atoms with E-state index >= 15 is 0 Å². The predicted molar refractivity (Wildman–Crippen MR) is 73.2 cm³/mol. The van der Waals surface area contributed by atoms with Crippen LogP contribution in [0.2, 0.25) is 0 Å². The molecule has 0 aromatic rings. The molecule has 0 radical (unpaired) electrons. The molecule has 0 saturated carbocycles. The number of hydrogen-bond acceptors (Lipinski definition) is 3. The van der Waals surface area contributed by atoms with Crippen LogP contribution in [0.1, 0.15) is 52.9 Å². The average molecular weight is 242 g/mol. The summed E-state index contributed by atoms with van der Waals surface area (Å²) in [5.41, 5.74) is 6.25. The fraction of sp³-hybridized carbons (Fsp3) is 1.00. The number of ether oxygens (including phenoxy) is 1. The summed E-state index contributed by atoms with van der Waals surface area (Å²) in [6.07, 6.45) is 5.69. The summed E-state index contributed by atoms with van der Waals surface area (Å²) in [7, 11) is 2.23. The maximum atomic E-state index is 6.09. The van der Waals surface area contributed by atoms with Gasteiger partial charge in [0.15, 0.2) is 0 Å². The Kier molecular flexibility index (Phi) is 5.42. The number of rotatable bonds is 6. The lowest BCUT2D eigenvalue weighted by Gasteiger charge is -2.50. The van der Waals surface area contributed by atoms with Gasteiger partial charge in [-0.1, -0.05) is 20.3 Å². The fourth-order valence-electron chi connectivity index (χ4n) is 2.84. The van der Waals surface area contributed by atoms with Crippen molar-refractivity contribution in [2.24, 2.45) is 5.73 Å². The second kappa shape index (κ2) is 6.17. The lowest BCUT2D eigenvalue weighted by Crippen LogP contribution is -2.60. The van der Waals surface area contributed by atoms with Gasteiger partial charge in [-0.2, -0.15) is 0 Å². The van der Waals surface area contributed by atoms with Gasteiger partial charge >= 0.3 is 0 Å². The van der Waals surface area contributed by atoms with E-state index < -0.39 is 0 Å². The minimum absolute atomic E-state index is 0.0120. The highest BCUT2D eigenvalue weighted by Crippen LogP contribution is 2.37. The van der Waals surface area contributed by atoms with Crippen molar-refractivity contribution in [2.75, 3.05) is 26.7 Å². The topological polar surface area (TPSA) is 38.5 Å². The van der Waals surface area contributed by atoms with Crippen molar-refractivity contribution in [3.05, 3.63) is 0 Å². The molecule has 0 aliphatic carbocycles. The van der Waals surface area contributed by atoms with Crippen molar-refractivity contribution >= 4 is 0 Å². The first-order valence-electron chi connectivity index (χ1n) is 7.07. The average Bonchev–Trinajstić information content (AvgIpc) is 2.35. The summed E-state index contributed by atoms with van der Waals surface area (Å²) in [6, 6.07) is 0. The van der Waals surface area contributed by atoms with Crippen molar-refractivity contribution in [1.29, 1.82) is 0 Å². The minimum Gasteiger partial charge on any atom is -0.375 e. The van der Waals surface area contributed by atoms with E-state index in [1.807, 2.05) is 0 Å². The molecule has 2 unspecified atom stereocenters. The van der Waals surface area contributed by atoms with E-state index in [4.69, 9.17) is 10.5 Å². The molecule has 3 nitrogen and oxygen atoms in total. The Morgan fingerprint density at radius 3 is 2.59 bits per heavy atom. The monoisotopic (exact) mass is 242 g/mol. The summed E-state index contributed by atoms with van der Waals surface area (Å²) in [5, 5.41) is 0. The third kappa shape index (κ3) is 3.43. The van der Waals surface area contributed by atoms with Crippen LogP contribution in [-0.4, -0.2) is 42.8 Å². The van der Waals surface area contributed by atoms with Gasteiger partial charge in [0, 0.05) is 18.7 Å². The highest BCUT2D eigenvalue weighted by Gasteiger charge is 2.43. The molecule has 0 aromatic heterocycles. The summed E-state index contributed by atoms with van der Waals surface area (Å²) in [5.74, 6) is 0. The smallest absolute Gasteiger partial charge is 0.0670 e. The van der Waals surface area contributed by atoms with E-state index in [2.05, 4.69) is 32.7 Å². The molecule has 17 heavy (non-hydrogen) atoms. The van der Waals surface area contributed by atoms with Crippen LogP contribution in [0.4, 0.5) is 0 Å². The molecular formula is C14H30N2O. The van der Waals surface area contributed by atoms with Crippen molar-refractivity contribution in [2.45, 2.75) is 64.0 Å². The van der Waals surface area contributed by atoms with Crippen molar-refractivity contribution in [3.63, 3.8) is 0 Å². The van der Waals surface area contributed by atoms with E-state index in [1.54, 1.807) is 0 Å². The molecule has 1 rings (SSSR count). The number of likely N-dealkylation sites (N-methyl/N-ethyl adjacent to an activating group) is 1. The second-order valence-electron chi connectivity index (χ2n) is 5.78. The Bertz CT molecular complexity index is 234. The Morgan fingerprint density at radius 1 is 1.35 bits per heavy atom. The van der Waals surface area contributed by atoms with Crippen LogP contribution >= 0.6 is 0 Å². The summed E-state index contributed by atoms with van der Waals surface area (Å²) in [4.78, 5) is 2.48. The highest BCUT2D eigenvalue weighted by atomic mass is 16.5. The molecule has 0 aromatic carbocycles. The third-order valence-electron chi connectivity index (χ3n) is 4.51. The van der Waals surface area contributed by atoms with E-state index in [-0.39, 0.29) is 11.1 Å². The Labute approximate surface area is 107 Å². The van der Waals surface area contributed by atoms with Crippen molar-refractivity contribution in [1.82, 2.24) is 4.90 Å². The van der Waals surface area contributed by atoms with Gasteiger partial charge in [-0.3, -0.25) is 4.90 Å². The zero-order valence-electron chi connectivity index (χ0n) is 12.1. The summed E-state index contributed by atoms with van der Waals surface area (Å²) >= 11 is 0.